The van der Waals surface area contributed by atoms with Crippen LogP contribution in [0.1, 0.15) is 50.3 Å². The lowest BCUT2D eigenvalue weighted by Gasteiger charge is -2.37. The Labute approximate surface area is 118 Å². The SMILES string of the molecule is CCN(C(C)c1ccccc1C)C1CCCC1CN. The average molecular weight is 260 g/mol. The molecule has 106 valence electrons. The lowest BCUT2D eigenvalue weighted by molar-refractivity contribution is 0.123. The van der Waals surface area contributed by atoms with Gasteiger partial charge in [-0.25, -0.2) is 0 Å². The van der Waals surface area contributed by atoms with E-state index in [0.717, 1.165) is 13.1 Å². The molecule has 19 heavy (non-hydrogen) atoms. The van der Waals surface area contributed by atoms with Crippen molar-refractivity contribution in [2.24, 2.45) is 11.7 Å². The Kier molecular flexibility index (Phi) is 5.00. The number of nitrogens with two attached hydrogens (primary N) is 1. The fourth-order valence-corrected chi connectivity index (χ4v) is 3.76. The summed E-state index contributed by atoms with van der Waals surface area (Å²) >= 11 is 0. The molecule has 3 atom stereocenters. The molecule has 1 aliphatic carbocycles. The molecule has 0 amide bonds. The fourth-order valence-electron chi connectivity index (χ4n) is 3.76. The zero-order chi connectivity index (χ0) is 13.8. The molecule has 2 nitrogen and oxygen atoms in total. The molecule has 0 heterocycles. The fraction of sp³-hybridized carbons (Fsp3) is 0.647. The van der Waals surface area contributed by atoms with Crippen LogP contribution < -0.4 is 5.73 Å². The zero-order valence-electron chi connectivity index (χ0n) is 12.6. The Hall–Kier alpha value is -0.860. The van der Waals surface area contributed by atoms with Gasteiger partial charge in [0.05, 0.1) is 0 Å². The largest absolute Gasteiger partial charge is 0.330 e. The summed E-state index contributed by atoms with van der Waals surface area (Å²) in [5.74, 6) is 0.686. The number of hydrogen-bond donors (Lipinski definition) is 1. The monoisotopic (exact) mass is 260 g/mol. The second kappa shape index (κ2) is 6.53. The summed E-state index contributed by atoms with van der Waals surface area (Å²) in [6.07, 6.45) is 3.95. The molecule has 2 heteroatoms. The van der Waals surface area contributed by atoms with E-state index in [-0.39, 0.29) is 0 Å². The van der Waals surface area contributed by atoms with E-state index in [1.165, 1.54) is 30.4 Å². The van der Waals surface area contributed by atoms with Gasteiger partial charge in [0.1, 0.15) is 0 Å². The highest BCUT2D eigenvalue weighted by Gasteiger charge is 2.33. The minimum Gasteiger partial charge on any atom is -0.330 e. The van der Waals surface area contributed by atoms with Crippen LogP contribution >= 0.6 is 0 Å². The third-order valence-corrected chi connectivity index (χ3v) is 4.85. The first-order valence-corrected chi connectivity index (χ1v) is 7.70. The number of nitrogens with zero attached hydrogens (tertiary/aromatic N) is 1. The van der Waals surface area contributed by atoms with E-state index >= 15 is 0 Å². The van der Waals surface area contributed by atoms with Gasteiger partial charge in [-0.1, -0.05) is 37.6 Å². The second-order valence-corrected chi connectivity index (χ2v) is 5.86. The minimum absolute atomic E-state index is 0.489. The summed E-state index contributed by atoms with van der Waals surface area (Å²) in [4.78, 5) is 2.66. The Bertz CT molecular complexity index is 402. The maximum absolute atomic E-state index is 5.96. The lowest BCUT2D eigenvalue weighted by atomic mass is 9.96. The number of aryl methyl sites for hydroxylation is 1. The van der Waals surface area contributed by atoms with Crippen LogP contribution in [-0.2, 0) is 0 Å². The molecule has 1 aromatic rings. The van der Waals surface area contributed by atoms with Crippen LogP contribution in [0.2, 0.25) is 0 Å². The molecule has 1 fully saturated rings. The molecule has 0 aromatic heterocycles. The van der Waals surface area contributed by atoms with E-state index in [1.807, 2.05) is 0 Å². The van der Waals surface area contributed by atoms with Crippen molar-refractivity contribution in [3.63, 3.8) is 0 Å². The van der Waals surface area contributed by atoms with Crippen molar-refractivity contribution in [3.8, 4) is 0 Å². The molecular weight excluding hydrogens is 232 g/mol. The summed E-state index contributed by atoms with van der Waals surface area (Å²) in [6.45, 7) is 8.78. The number of rotatable bonds is 5. The van der Waals surface area contributed by atoms with E-state index in [4.69, 9.17) is 5.73 Å². The highest BCUT2D eigenvalue weighted by atomic mass is 15.2. The lowest BCUT2D eigenvalue weighted by Crippen LogP contribution is -2.41. The molecule has 2 rings (SSSR count). The molecular formula is C17H28N2. The maximum atomic E-state index is 5.96. The van der Waals surface area contributed by atoms with Crippen LogP contribution in [0.15, 0.2) is 24.3 Å². The van der Waals surface area contributed by atoms with Crippen LogP contribution in [0.3, 0.4) is 0 Å². The molecule has 1 aliphatic rings. The third-order valence-electron chi connectivity index (χ3n) is 4.85. The predicted octanol–water partition coefficient (Wildman–Crippen LogP) is 3.51. The van der Waals surface area contributed by atoms with Crippen molar-refractivity contribution < 1.29 is 0 Å². The van der Waals surface area contributed by atoms with Crippen molar-refractivity contribution >= 4 is 0 Å². The third kappa shape index (κ3) is 3.01. The summed E-state index contributed by atoms with van der Waals surface area (Å²) < 4.78 is 0. The number of benzene rings is 1. The molecule has 1 saturated carbocycles. The van der Waals surface area contributed by atoms with Gasteiger partial charge in [0, 0.05) is 12.1 Å². The molecule has 0 radical (unpaired) electrons. The van der Waals surface area contributed by atoms with Gasteiger partial charge < -0.3 is 5.73 Å². The van der Waals surface area contributed by atoms with Crippen LogP contribution in [0.4, 0.5) is 0 Å². The highest BCUT2D eigenvalue weighted by Crippen LogP contribution is 2.35. The first kappa shape index (κ1) is 14.5. The average Bonchev–Trinajstić information content (AvgIpc) is 2.88. The first-order valence-electron chi connectivity index (χ1n) is 7.70. The Morgan fingerprint density at radius 3 is 2.68 bits per heavy atom. The van der Waals surface area contributed by atoms with Gasteiger partial charge in [-0.05, 0) is 56.8 Å². The van der Waals surface area contributed by atoms with Gasteiger partial charge in [-0.2, -0.15) is 0 Å². The van der Waals surface area contributed by atoms with Gasteiger partial charge in [-0.15, -0.1) is 0 Å². The van der Waals surface area contributed by atoms with Gasteiger partial charge in [0.2, 0.25) is 0 Å². The van der Waals surface area contributed by atoms with Crippen LogP contribution in [0, 0.1) is 12.8 Å². The molecule has 0 spiro atoms. The predicted molar refractivity (Wildman–Crippen MR) is 82.2 cm³/mol. The van der Waals surface area contributed by atoms with Crippen molar-refractivity contribution in [3.05, 3.63) is 35.4 Å². The molecule has 2 N–H and O–H groups in total. The van der Waals surface area contributed by atoms with Crippen LogP contribution in [0.5, 0.6) is 0 Å². The Morgan fingerprint density at radius 2 is 2.05 bits per heavy atom. The van der Waals surface area contributed by atoms with E-state index < -0.39 is 0 Å². The van der Waals surface area contributed by atoms with E-state index in [0.29, 0.717) is 18.0 Å². The van der Waals surface area contributed by atoms with Gasteiger partial charge in [0.15, 0.2) is 0 Å². The Balaban J connectivity index is 2.19. The summed E-state index contributed by atoms with van der Waals surface area (Å²) in [5.41, 5.74) is 8.82. The van der Waals surface area contributed by atoms with Gasteiger partial charge >= 0.3 is 0 Å². The van der Waals surface area contributed by atoms with Crippen molar-refractivity contribution in [1.82, 2.24) is 4.90 Å². The quantitative estimate of drug-likeness (QED) is 0.878. The second-order valence-electron chi connectivity index (χ2n) is 5.86. The molecule has 0 bridgehead atoms. The van der Waals surface area contributed by atoms with Crippen LogP contribution in [-0.4, -0.2) is 24.0 Å². The van der Waals surface area contributed by atoms with Gasteiger partial charge in [0.25, 0.3) is 0 Å². The van der Waals surface area contributed by atoms with Crippen LogP contribution in [0.25, 0.3) is 0 Å². The van der Waals surface area contributed by atoms with E-state index in [2.05, 4.69) is 49.9 Å². The molecule has 0 aliphatic heterocycles. The van der Waals surface area contributed by atoms with Gasteiger partial charge in [-0.3, -0.25) is 4.90 Å². The van der Waals surface area contributed by atoms with Crippen molar-refractivity contribution in [2.45, 2.75) is 52.1 Å². The molecule has 0 saturated heterocycles. The Morgan fingerprint density at radius 1 is 1.32 bits per heavy atom. The topological polar surface area (TPSA) is 29.3 Å². The maximum Gasteiger partial charge on any atom is 0.0325 e. The molecule has 3 unspecified atom stereocenters. The van der Waals surface area contributed by atoms with Crippen molar-refractivity contribution in [1.29, 1.82) is 0 Å². The smallest absolute Gasteiger partial charge is 0.0325 e. The minimum atomic E-state index is 0.489. The van der Waals surface area contributed by atoms with E-state index in [9.17, 15) is 0 Å². The zero-order valence-corrected chi connectivity index (χ0v) is 12.6. The molecule has 1 aromatic carbocycles. The summed E-state index contributed by atoms with van der Waals surface area (Å²) in [5, 5.41) is 0. The standard InChI is InChI=1S/C17H28N2/c1-4-19(17-11-7-9-15(17)12-18)14(3)16-10-6-5-8-13(16)2/h5-6,8,10,14-15,17H,4,7,9,11-12,18H2,1-3H3. The van der Waals surface area contributed by atoms with Crippen molar-refractivity contribution in [2.75, 3.05) is 13.1 Å². The first-order chi connectivity index (χ1) is 9.19. The normalized spacial score (nSPS) is 24.9. The summed E-state index contributed by atoms with van der Waals surface area (Å²) in [7, 11) is 0. The van der Waals surface area contributed by atoms with E-state index in [1.54, 1.807) is 0 Å². The summed E-state index contributed by atoms with van der Waals surface area (Å²) in [6, 6.07) is 9.93. The highest BCUT2D eigenvalue weighted by molar-refractivity contribution is 5.28. The number of hydrogen-bond acceptors (Lipinski definition) is 2.